The Bertz CT molecular complexity index is 810. The van der Waals surface area contributed by atoms with Crippen molar-refractivity contribution in [2.45, 2.75) is 4.90 Å². The summed E-state index contributed by atoms with van der Waals surface area (Å²) in [6.45, 7) is 0. The van der Waals surface area contributed by atoms with Gasteiger partial charge in [-0.3, -0.25) is 4.72 Å². The molecule has 0 unspecified atom stereocenters. The van der Waals surface area contributed by atoms with Gasteiger partial charge in [-0.05, 0) is 52.3 Å². The fourth-order valence-corrected chi connectivity index (χ4v) is 3.44. The predicted molar refractivity (Wildman–Crippen MR) is 87.2 cm³/mol. The number of halogens is 2. The molecule has 0 amide bonds. The van der Waals surface area contributed by atoms with Crippen molar-refractivity contribution in [2.75, 3.05) is 4.72 Å². The van der Waals surface area contributed by atoms with Crippen LogP contribution in [-0.2, 0) is 10.0 Å². The third-order valence-corrected chi connectivity index (χ3v) is 4.86. The molecular formula is C13H10BrFN2O2S2. The van der Waals surface area contributed by atoms with Gasteiger partial charge in [0.15, 0.2) is 0 Å². The fourth-order valence-electron chi connectivity index (χ4n) is 1.59. The van der Waals surface area contributed by atoms with Crippen LogP contribution in [0, 0.1) is 5.82 Å². The van der Waals surface area contributed by atoms with Crippen LogP contribution in [0.1, 0.15) is 5.56 Å². The second-order valence-electron chi connectivity index (χ2n) is 4.12. The molecule has 2 aromatic rings. The number of hydrogen-bond acceptors (Lipinski definition) is 3. The number of hydrogen-bond donors (Lipinski definition) is 2. The van der Waals surface area contributed by atoms with Gasteiger partial charge in [0, 0.05) is 10.0 Å². The average Bonchev–Trinajstić information content (AvgIpc) is 2.40. The number of nitrogens with one attached hydrogen (secondary N) is 1. The average molecular weight is 389 g/mol. The van der Waals surface area contributed by atoms with Gasteiger partial charge in [0.2, 0.25) is 0 Å². The number of thiocarbonyl (C=S) groups is 1. The van der Waals surface area contributed by atoms with E-state index in [0.29, 0.717) is 15.7 Å². The van der Waals surface area contributed by atoms with Gasteiger partial charge in [-0.15, -0.1) is 0 Å². The Hall–Kier alpha value is -1.51. The minimum atomic E-state index is -3.88. The molecule has 4 nitrogen and oxygen atoms in total. The zero-order chi connectivity index (χ0) is 15.6. The molecule has 21 heavy (non-hydrogen) atoms. The number of benzene rings is 2. The maximum Gasteiger partial charge on any atom is 0.262 e. The zero-order valence-electron chi connectivity index (χ0n) is 10.5. The molecule has 0 saturated carbocycles. The number of sulfonamides is 1. The lowest BCUT2D eigenvalue weighted by molar-refractivity contribution is 0.595. The molecule has 0 radical (unpaired) electrons. The summed E-state index contributed by atoms with van der Waals surface area (Å²) in [7, 11) is -3.88. The van der Waals surface area contributed by atoms with Crippen molar-refractivity contribution in [3.63, 3.8) is 0 Å². The molecule has 2 rings (SSSR count). The van der Waals surface area contributed by atoms with E-state index in [-0.39, 0.29) is 9.88 Å². The standard InChI is InChI=1S/C13H10BrFN2O2S2/c14-11-6-8(13(16)20)4-5-12(11)17-21(18,19)10-3-1-2-9(15)7-10/h1-7,17H,(H2,16,20). The third-order valence-electron chi connectivity index (χ3n) is 2.60. The molecule has 0 bridgehead atoms. The van der Waals surface area contributed by atoms with Crippen molar-refractivity contribution >= 4 is 48.8 Å². The highest BCUT2D eigenvalue weighted by Gasteiger charge is 2.16. The number of nitrogens with two attached hydrogens (primary N) is 1. The van der Waals surface area contributed by atoms with Crippen molar-refractivity contribution in [3.8, 4) is 0 Å². The van der Waals surface area contributed by atoms with Crippen LogP contribution in [0.2, 0.25) is 0 Å². The Kier molecular flexibility index (Phi) is 4.60. The van der Waals surface area contributed by atoms with Gasteiger partial charge < -0.3 is 5.73 Å². The molecule has 0 spiro atoms. The van der Waals surface area contributed by atoms with Gasteiger partial charge in [-0.25, -0.2) is 12.8 Å². The summed E-state index contributed by atoms with van der Waals surface area (Å²) in [6, 6.07) is 9.47. The van der Waals surface area contributed by atoms with Crippen LogP contribution in [0.5, 0.6) is 0 Å². The second kappa shape index (κ2) is 6.08. The van der Waals surface area contributed by atoms with Gasteiger partial charge in [0.1, 0.15) is 10.8 Å². The topological polar surface area (TPSA) is 72.2 Å². The fraction of sp³-hybridized carbons (Fsp3) is 0. The van der Waals surface area contributed by atoms with Gasteiger partial charge in [-0.2, -0.15) is 0 Å². The van der Waals surface area contributed by atoms with E-state index in [1.165, 1.54) is 24.3 Å². The van der Waals surface area contributed by atoms with Crippen LogP contribution in [0.25, 0.3) is 0 Å². The third kappa shape index (κ3) is 3.78. The van der Waals surface area contributed by atoms with Gasteiger partial charge in [-0.1, -0.05) is 18.3 Å². The Morgan fingerprint density at radius 3 is 2.52 bits per heavy atom. The van der Waals surface area contributed by atoms with Crippen LogP contribution in [-0.4, -0.2) is 13.4 Å². The van der Waals surface area contributed by atoms with E-state index in [9.17, 15) is 12.8 Å². The van der Waals surface area contributed by atoms with E-state index in [0.717, 1.165) is 6.07 Å². The summed E-state index contributed by atoms with van der Waals surface area (Å²) < 4.78 is 40.3. The minimum Gasteiger partial charge on any atom is -0.389 e. The van der Waals surface area contributed by atoms with Crippen LogP contribution in [0.3, 0.4) is 0 Å². The van der Waals surface area contributed by atoms with E-state index in [2.05, 4.69) is 20.7 Å². The normalized spacial score (nSPS) is 11.1. The smallest absolute Gasteiger partial charge is 0.262 e. The maximum absolute atomic E-state index is 13.1. The lowest BCUT2D eigenvalue weighted by Gasteiger charge is -2.11. The highest BCUT2D eigenvalue weighted by atomic mass is 79.9. The Morgan fingerprint density at radius 2 is 1.95 bits per heavy atom. The number of rotatable bonds is 4. The minimum absolute atomic E-state index is 0.159. The predicted octanol–water partition coefficient (Wildman–Crippen LogP) is 3.02. The Balaban J connectivity index is 2.35. The largest absolute Gasteiger partial charge is 0.389 e. The molecule has 3 N–H and O–H groups in total. The van der Waals surface area contributed by atoms with Gasteiger partial charge >= 0.3 is 0 Å². The molecule has 0 aliphatic heterocycles. The first-order valence-corrected chi connectivity index (χ1v) is 8.36. The molecule has 0 aliphatic rings. The highest BCUT2D eigenvalue weighted by molar-refractivity contribution is 9.10. The summed E-state index contributed by atoms with van der Waals surface area (Å²) in [6.07, 6.45) is 0. The van der Waals surface area contributed by atoms with Crippen molar-refractivity contribution in [2.24, 2.45) is 5.73 Å². The second-order valence-corrected chi connectivity index (χ2v) is 7.10. The lowest BCUT2D eigenvalue weighted by Crippen LogP contribution is -2.14. The first kappa shape index (κ1) is 15.9. The van der Waals surface area contributed by atoms with Crippen molar-refractivity contribution < 1.29 is 12.8 Å². The molecule has 0 aromatic heterocycles. The van der Waals surface area contributed by atoms with E-state index >= 15 is 0 Å². The van der Waals surface area contributed by atoms with E-state index < -0.39 is 15.8 Å². The molecular weight excluding hydrogens is 379 g/mol. The summed E-state index contributed by atoms with van der Waals surface area (Å²) >= 11 is 8.08. The maximum atomic E-state index is 13.1. The molecule has 110 valence electrons. The lowest BCUT2D eigenvalue weighted by atomic mass is 10.2. The zero-order valence-corrected chi connectivity index (χ0v) is 13.7. The van der Waals surface area contributed by atoms with Crippen LogP contribution in [0.15, 0.2) is 51.8 Å². The van der Waals surface area contributed by atoms with Crippen molar-refractivity contribution in [1.29, 1.82) is 0 Å². The summed E-state index contributed by atoms with van der Waals surface area (Å²) in [5.41, 5.74) is 6.41. The highest BCUT2D eigenvalue weighted by Crippen LogP contribution is 2.26. The molecule has 0 saturated heterocycles. The van der Waals surface area contributed by atoms with Crippen molar-refractivity contribution in [1.82, 2.24) is 0 Å². The van der Waals surface area contributed by atoms with Crippen LogP contribution >= 0.6 is 28.1 Å². The Morgan fingerprint density at radius 1 is 1.24 bits per heavy atom. The van der Waals surface area contributed by atoms with Crippen LogP contribution in [0.4, 0.5) is 10.1 Å². The molecule has 0 fully saturated rings. The quantitative estimate of drug-likeness (QED) is 0.789. The molecule has 0 aliphatic carbocycles. The van der Waals surface area contributed by atoms with Crippen LogP contribution < -0.4 is 10.5 Å². The Labute approximate surface area is 135 Å². The molecule has 0 heterocycles. The van der Waals surface area contributed by atoms with Gasteiger partial charge in [0.25, 0.3) is 10.0 Å². The molecule has 2 aromatic carbocycles. The summed E-state index contributed by atoms with van der Waals surface area (Å²) in [4.78, 5) is 0.0445. The number of anilines is 1. The van der Waals surface area contributed by atoms with Crippen molar-refractivity contribution in [3.05, 3.63) is 58.3 Å². The first-order chi connectivity index (χ1) is 9.79. The van der Waals surface area contributed by atoms with Gasteiger partial charge in [0.05, 0.1) is 10.6 Å². The summed E-state index contributed by atoms with van der Waals surface area (Å²) in [5, 5.41) is 0. The van der Waals surface area contributed by atoms with E-state index in [1.807, 2.05) is 0 Å². The monoisotopic (exact) mass is 388 g/mol. The van der Waals surface area contributed by atoms with E-state index in [1.54, 1.807) is 12.1 Å². The first-order valence-electron chi connectivity index (χ1n) is 5.67. The molecule has 0 atom stereocenters. The SMILES string of the molecule is NC(=S)c1ccc(NS(=O)(=O)c2cccc(F)c2)c(Br)c1. The molecule has 8 heteroatoms. The van der Waals surface area contributed by atoms with E-state index in [4.69, 9.17) is 18.0 Å². The summed E-state index contributed by atoms with van der Waals surface area (Å²) in [5.74, 6) is -0.624.